The summed E-state index contributed by atoms with van der Waals surface area (Å²) in [5.41, 5.74) is 2.08. The third-order valence-corrected chi connectivity index (χ3v) is 11.5. The number of unbranched alkanes of at least 4 members (excludes halogenated alkanes) is 1. The first-order chi connectivity index (χ1) is 29.4. The Hall–Kier alpha value is -4.92. The number of methoxy groups -OCH3 is 1. The zero-order valence-electron chi connectivity index (χ0n) is 36.1. The molecule has 3 atom stereocenters. The molecule has 0 spiro atoms. The molecule has 0 saturated carbocycles. The fourth-order valence-electron chi connectivity index (χ4n) is 8.52. The number of amides is 1. The lowest BCUT2D eigenvalue weighted by Crippen LogP contribution is -2.43. The molecule has 3 aliphatic heterocycles. The van der Waals surface area contributed by atoms with E-state index in [2.05, 4.69) is 19.9 Å². The van der Waals surface area contributed by atoms with Crippen LogP contribution in [0.1, 0.15) is 88.8 Å². The lowest BCUT2D eigenvalue weighted by molar-refractivity contribution is 0.000844. The summed E-state index contributed by atoms with van der Waals surface area (Å²) in [7, 11) is 1.54. The van der Waals surface area contributed by atoms with Crippen LogP contribution in [0.25, 0.3) is 28.2 Å². The Morgan fingerprint density at radius 1 is 1.03 bits per heavy atom. The fraction of sp³-hybridized carbons (Fsp3) is 0.532. The van der Waals surface area contributed by atoms with Crippen LogP contribution in [0.15, 0.2) is 54.7 Å². The summed E-state index contributed by atoms with van der Waals surface area (Å²) >= 11 is 0. The van der Waals surface area contributed by atoms with Crippen LogP contribution in [0.3, 0.4) is 0 Å². The molecule has 61 heavy (non-hydrogen) atoms. The van der Waals surface area contributed by atoms with Crippen molar-refractivity contribution in [3.8, 4) is 28.9 Å². The summed E-state index contributed by atoms with van der Waals surface area (Å²) in [6.07, 6.45) is 10.6. The molecule has 1 unspecified atom stereocenters. The minimum Gasteiger partial charge on any atom is -0.472 e. The standard InChI is InChI=1S/C47H59F2N5O7/c1-32-23-36(60-31-56-5)24-38(37(32)18-10-7-13-22-57-35-17-11-12-20-53(28-35)45(55)61-46(2,3)4)41-40(49)42-39(26-50-41)43(58-29-33-15-8-6-9-16-33)52-44(51-42)59-30-47-19-14-21-54(47)27-34(48)25-47/h6,8-10,15-16,18,23-24,26,34-35H,7,11-14,17,19-22,25,27-31H2,1-5H3/b18-10+/t34-,35?,47+/m1/s1. The van der Waals surface area contributed by atoms with E-state index in [1.807, 2.05) is 76.2 Å². The molecule has 5 heterocycles. The molecular formula is C47H59F2N5O7. The van der Waals surface area contributed by atoms with Crippen molar-refractivity contribution in [1.29, 1.82) is 0 Å². The molecule has 2 aromatic heterocycles. The number of aromatic nitrogens is 3. The van der Waals surface area contributed by atoms with Gasteiger partial charge in [0.25, 0.3) is 0 Å². The average Bonchev–Trinajstić information content (AvgIpc) is 3.65. The summed E-state index contributed by atoms with van der Waals surface area (Å²) < 4.78 is 67.1. The number of rotatable bonds is 16. The second kappa shape index (κ2) is 19.9. The molecule has 1 amide bonds. The van der Waals surface area contributed by atoms with Crippen molar-refractivity contribution < 1.29 is 42.0 Å². The van der Waals surface area contributed by atoms with Crippen molar-refractivity contribution in [2.24, 2.45) is 0 Å². The fourth-order valence-corrected chi connectivity index (χ4v) is 8.52. The number of halogens is 2. The van der Waals surface area contributed by atoms with Gasteiger partial charge in [0.15, 0.2) is 12.6 Å². The third kappa shape index (κ3) is 11.1. The van der Waals surface area contributed by atoms with Crippen LogP contribution in [-0.2, 0) is 20.8 Å². The number of nitrogens with zero attached hydrogens (tertiary/aromatic N) is 5. The number of carbonyl (C=O) groups excluding carboxylic acids is 1. The van der Waals surface area contributed by atoms with E-state index in [0.717, 1.165) is 61.8 Å². The maximum atomic E-state index is 17.2. The third-order valence-electron chi connectivity index (χ3n) is 11.5. The molecular weight excluding hydrogens is 785 g/mol. The van der Waals surface area contributed by atoms with Crippen molar-refractivity contribution in [2.45, 2.75) is 109 Å². The molecule has 12 nitrogen and oxygen atoms in total. The van der Waals surface area contributed by atoms with Gasteiger partial charge in [-0.2, -0.15) is 9.97 Å². The van der Waals surface area contributed by atoms with E-state index in [4.69, 9.17) is 28.4 Å². The van der Waals surface area contributed by atoms with Gasteiger partial charge in [-0.3, -0.25) is 9.88 Å². The van der Waals surface area contributed by atoms with Crippen LogP contribution in [0.2, 0.25) is 0 Å². The summed E-state index contributed by atoms with van der Waals surface area (Å²) in [6.45, 7) is 10.8. The highest BCUT2D eigenvalue weighted by Crippen LogP contribution is 2.41. The number of benzene rings is 2. The highest BCUT2D eigenvalue weighted by molar-refractivity contribution is 5.88. The van der Waals surface area contributed by atoms with Crippen LogP contribution >= 0.6 is 0 Å². The van der Waals surface area contributed by atoms with Crippen molar-refractivity contribution in [1.82, 2.24) is 24.8 Å². The minimum atomic E-state index is -0.925. The van der Waals surface area contributed by atoms with Gasteiger partial charge in [-0.25, -0.2) is 13.6 Å². The molecule has 0 N–H and O–H groups in total. The summed E-state index contributed by atoms with van der Waals surface area (Å²) in [5.74, 6) is -0.0454. The first-order valence-electron chi connectivity index (χ1n) is 21.5. The monoisotopic (exact) mass is 843 g/mol. The highest BCUT2D eigenvalue weighted by atomic mass is 19.1. The minimum absolute atomic E-state index is 0.00896. The van der Waals surface area contributed by atoms with Crippen molar-refractivity contribution >= 4 is 23.1 Å². The number of ether oxygens (including phenoxy) is 6. The van der Waals surface area contributed by atoms with Gasteiger partial charge >= 0.3 is 12.1 Å². The number of hydrogen-bond acceptors (Lipinski definition) is 11. The Morgan fingerprint density at radius 3 is 2.67 bits per heavy atom. The van der Waals surface area contributed by atoms with Gasteiger partial charge < -0.3 is 33.3 Å². The van der Waals surface area contributed by atoms with E-state index in [9.17, 15) is 9.18 Å². The van der Waals surface area contributed by atoms with Gasteiger partial charge in [-0.15, -0.1) is 0 Å². The number of fused-ring (bicyclic) bond motifs is 2. The molecule has 7 rings (SSSR count). The molecule has 0 bridgehead atoms. The molecule has 3 fully saturated rings. The molecule has 3 aliphatic rings. The molecule has 4 aromatic rings. The van der Waals surface area contributed by atoms with Crippen molar-refractivity contribution in [3.63, 3.8) is 0 Å². The zero-order chi connectivity index (χ0) is 43.0. The second-order valence-corrected chi connectivity index (χ2v) is 17.3. The van der Waals surface area contributed by atoms with Gasteiger partial charge in [0, 0.05) is 45.0 Å². The quantitative estimate of drug-likeness (QED) is 0.0794. The van der Waals surface area contributed by atoms with Crippen LogP contribution in [-0.4, -0.2) is 108 Å². The SMILES string of the molecule is COCOc1cc(C)c(/C=C/CCCOC2CCCCN(C(=O)OC(C)(C)C)C2)c(-c2ncc3c(OCc4ccccc4)nc(OC[C@@]45CCCN4C[C@H](F)C5)nc3c2F)c1. The highest BCUT2D eigenvalue weighted by Gasteiger charge is 2.49. The average molecular weight is 844 g/mol. The number of carbonyl (C=O) groups is 1. The second-order valence-electron chi connectivity index (χ2n) is 17.3. The van der Waals surface area contributed by atoms with E-state index in [0.29, 0.717) is 55.8 Å². The van der Waals surface area contributed by atoms with Gasteiger partial charge in [0.05, 0.1) is 23.6 Å². The summed E-state index contributed by atoms with van der Waals surface area (Å²) in [6, 6.07) is 13.2. The van der Waals surface area contributed by atoms with E-state index in [1.54, 1.807) is 11.0 Å². The predicted octanol–water partition coefficient (Wildman–Crippen LogP) is 9.26. The van der Waals surface area contributed by atoms with E-state index < -0.39 is 23.1 Å². The van der Waals surface area contributed by atoms with Crippen LogP contribution in [0.4, 0.5) is 13.6 Å². The van der Waals surface area contributed by atoms with Gasteiger partial charge in [-0.05, 0) is 108 Å². The molecule has 3 saturated heterocycles. The summed E-state index contributed by atoms with van der Waals surface area (Å²) in [4.78, 5) is 30.5. The Morgan fingerprint density at radius 2 is 1.87 bits per heavy atom. The Balaban J connectivity index is 1.13. The molecule has 328 valence electrons. The number of allylic oxidation sites excluding steroid dienone is 1. The maximum Gasteiger partial charge on any atom is 0.410 e. The normalized spacial score (nSPS) is 20.9. The topological polar surface area (TPSA) is 118 Å². The van der Waals surface area contributed by atoms with Crippen molar-refractivity contribution in [3.05, 3.63) is 77.2 Å². The van der Waals surface area contributed by atoms with Gasteiger partial charge in [0.1, 0.15) is 41.9 Å². The van der Waals surface area contributed by atoms with Gasteiger partial charge in [0.2, 0.25) is 5.88 Å². The smallest absolute Gasteiger partial charge is 0.410 e. The Kier molecular flexibility index (Phi) is 14.4. The Bertz CT molecular complexity index is 2150. The number of alkyl halides is 1. The largest absolute Gasteiger partial charge is 0.472 e. The van der Waals surface area contributed by atoms with Crippen LogP contribution in [0, 0.1) is 12.7 Å². The molecule has 0 aliphatic carbocycles. The molecule has 0 radical (unpaired) electrons. The van der Waals surface area contributed by atoms with Crippen molar-refractivity contribution in [2.75, 3.05) is 53.3 Å². The number of pyridine rings is 1. The van der Waals surface area contributed by atoms with Crippen LogP contribution in [0.5, 0.6) is 17.6 Å². The lowest BCUT2D eigenvalue weighted by atomic mass is 9.95. The predicted molar refractivity (Wildman–Crippen MR) is 229 cm³/mol. The number of aryl methyl sites for hydroxylation is 1. The van der Waals surface area contributed by atoms with E-state index in [-0.39, 0.29) is 55.3 Å². The van der Waals surface area contributed by atoms with E-state index >= 15 is 4.39 Å². The Labute approximate surface area is 357 Å². The summed E-state index contributed by atoms with van der Waals surface area (Å²) in [5, 5.41) is 0.290. The number of likely N-dealkylation sites (tertiary alicyclic amines) is 1. The number of hydrogen-bond donors (Lipinski definition) is 0. The maximum absolute atomic E-state index is 17.2. The molecule has 14 heteroatoms. The first kappa shape index (κ1) is 44.1. The van der Waals surface area contributed by atoms with Gasteiger partial charge in [-0.1, -0.05) is 42.5 Å². The lowest BCUT2D eigenvalue weighted by Gasteiger charge is -2.30. The van der Waals surface area contributed by atoms with Crippen LogP contribution < -0.4 is 14.2 Å². The zero-order valence-corrected chi connectivity index (χ0v) is 36.1. The van der Waals surface area contributed by atoms with E-state index in [1.165, 1.54) is 13.3 Å². The first-order valence-corrected chi connectivity index (χ1v) is 21.5. The molecule has 2 aromatic carbocycles.